The molecule has 0 saturated carbocycles. The summed E-state index contributed by atoms with van der Waals surface area (Å²) < 4.78 is 0. The zero-order valence-electron chi connectivity index (χ0n) is 9.78. The average molecular weight is 244 g/mol. The standard InChI is InChI=1S/C11H17N3O.ClH/c1-11(2,3)14-10(15)6-9-5-4-8(12)7-13-9;/h4-5,7H,6,12H2,1-3H3,(H,14,15);1H. The molecule has 0 fully saturated rings. The van der Waals surface area contributed by atoms with Gasteiger partial charge in [0.15, 0.2) is 0 Å². The number of nitrogen functional groups attached to an aromatic ring is 1. The number of halogens is 1. The van der Waals surface area contributed by atoms with E-state index in [0.717, 1.165) is 5.69 Å². The molecule has 1 heterocycles. The molecule has 0 aliphatic rings. The third-order valence-corrected chi connectivity index (χ3v) is 1.70. The third kappa shape index (κ3) is 5.56. The van der Waals surface area contributed by atoms with Gasteiger partial charge in [-0.1, -0.05) is 0 Å². The summed E-state index contributed by atoms with van der Waals surface area (Å²) in [6.07, 6.45) is 1.84. The van der Waals surface area contributed by atoms with Crippen molar-refractivity contribution in [1.82, 2.24) is 10.3 Å². The average Bonchev–Trinajstić information content (AvgIpc) is 2.05. The number of anilines is 1. The van der Waals surface area contributed by atoms with Gasteiger partial charge in [-0.3, -0.25) is 9.78 Å². The van der Waals surface area contributed by atoms with Crippen molar-refractivity contribution in [3.8, 4) is 0 Å². The molecule has 0 aliphatic heterocycles. The number of aromatic nitrogens is 1. The van der Waals surface area contributed by atoms with Gasteiger partial charge in [0, 0.05) is 11.2 Å². The lowest BCUT2D eigenvalue weighted by molar-refractivity contribution is -0.121. The molecular weight excluding hydrogens is 226 g/mol. The van der Waals surface area contributed by atoms with E-state index in [0.29, 0.717) is 5.69 Å². The fourth-order valence-electron chi connectivity index (χ4n) is 1.17. The number of hydrogen-bond acceptors (Lipinski definition) is 3. The molecule has 0 bridgehead atoms. The number of carbonyl (C=O) groups excluding carboxylic acids is 1. The maximum Gasteiger partial charge on any atom is 0.226 e. The van der Waals surface area contributed by atoms with E-state index in [9.17, 15) is 4.79 Å². The summed E-state index contributed by atoms with van der Waals surface area (Å²) in [4.78, 5) is 15.6. The Bertz CT molecular complexity index is 343. The minimum atomic E-state index is -0.203. The molecule has 0 aliphatic carbocycles. The van der Waals surface area contributed by atoms with Gasteiger partial charge in [-0.05, 0) is 32.9 Å². The predicted molar refractivity (Wildman–Crippen MR) is 67.5 cm³/mol. The molecule has 90 valence electrons. The van der Waals surface area contributed by atoms with Gasteiger partial charge >= 0.3 is 0 Å². The van der Waals surface area contributed by atoms with E-state index < -0.39 is 0 Å². The smallest absolute Gasteiger partial charge is 0.226 e. The van der Waals surface area contributed by atoms with E-state index in [-0.39, 0.29) is 30.3 Å². The first-order valence-electron chi connectivity index (χ1n) is 4.88. The van der Waals surface area contributed by atoms with Crippen molar-refractivity contribution in [2.45, 2.75) is 32.7 Å². The van der Waals surface area contributed by atoms with Crippen LogP contribution in [0.15, 0.2) is 18.3 Å². The minimum absolute atomic E-state index is 0. The van der Waals surface area contributed by atoms with Crippen LogP contribution in [0.1, 0.15) is 26.5 Å². The number of hydrogen-bond donors (Lipinski definition) is 2. The van der Waals surface area contributed by atoms with Crippen LogP contribution in [0.25, 0.3) is 0 Å². The van der Waals surface area contributed by atoms with Gasteiger partial charge in [0.25, 0.3) is 0 Å². The predicted octanol–water partition coefficient (Wildman–Crippen LogP) is 1.54. The Hall–Kier alpha value is -1.29. The molecule has 3 N–H and O–H groups in total. The van der Waals surface area contributed by atoms with Crippen molar-refractivity contribution in [3.05, 3.63) is 24.0 Å². The molecule has 0 saturated heterocycles. The van der Waals surface area contributed by atoms with Crippen molar-refractivity contribution in [3.63, 3.8) is 0 Å². The van der Waals surface area contributed by atoms with Crippen LogP contribution in [-0.2, 0) is 11.2 Å². The lowest BCUT2D eigenvalue weighted by Crippen LogP contribution is -2.41. The second-order valence-electron chi connectivity index (χ2n) is 4.56. The molecule has 0 spiro atoms. The summed E-state index contributed by atoms with van der Waals surface area (Å²) >= 11 is 0. The van der Waals surface area contributed by atoms with Crippen molar-refractivity contribution in [1.29, 1.82) is 0 Å². The molecule has 5 heteroatoms. The fourth-order valence-corrected chi connectivity index (χ4v) is 1.17. The minimum Gasteiger partial charge on any atom is -0.397 e. The van der Waals surface area contributed by atoms with E-state index in [1.165, 1.54) is 0 Å². The summed E-state index contributed by atoms with van der Waals surface area (Å²) in [6.45, 7) is 5.84. The molecule has 1 aromatic heterocycles. The van der Waals surface area contributed by atoms with Crippen LogP contribution in [0.4, 0.5) is 5.69 Å². The number of nitrogens with zero attached hydrogens (tertiary/aromatic N) is 1. The number of nitrogens with two attached hydrogens (primary N) is 1. The number of nitrogens with one attached hydrogen (secondary N) is 1. The van der Waals surface area contributed by atoms with Gasteiger partial charge in [0.2, 0.25) is 5.91 Å². The molecule has 1 aromatic rings. The summed E-state index contributed by atoms with van der Waals surface area (Å²) in [5.74, 6) is -0.0280. The highest BCUT2D eigenvalue weighted by Crippen LogP contribution is 2.03. The van der Waals surface area contributed by atoms with Gasteiger partial charge in [0.1, 0.15) is 0 Å². The molecule has 0 radical (unpaired) electrons. The Kier molecular flexibility index (Phi) is 5.24. The molecule has 0 unspecified atom stereocenters. The van der Waals surface area contributed by atoms with E-state index >= 15 is 0 Å². The first-order valence-corrected chi connectivity index (χ1v) is 4.88. The van der Waals surface area contributed by atoms with Crippen molar-refractivity contribution >= 4 is 24.0 Å². The van der Waals surface area contributed by atoms with Crippen molar-refractivity contribution in [2.75, 3.05) is 5.73 Å². The first kappa shape index (κ1) is 14.7. The fraction of sp³-hybridized carbons (Fsp3) is 0.455. The van der Waals surface area contributed by atoms with Crippen molar-refractivity contribution < 1.29 is 4.79 Å². The van der Waals surface area contributed by atoms with Gasteiger partial charge < -0.3 is 11.1 Å². The third-order valence-electron chi connectivity index (χ3n) is 1.70. The highest BCUT2D eigenvalue weighted by molar-refractivity contribution is 5.85. The topological polar surface area (TPSA) is 68.0 Å². The number of carbonyl (C=O) groups is 1. The van der Waals surface area contributed by atoms with E-state index in [1.54, 1.807) is 18.3 Å². The maximum absolute atomic E-state index is 11.5. The number of pyridine rings is 1. The number of amides is 1. The van der Waals surface area contributed by atoms with Gasteiger partial charge in [-0.15, -0.1) is 12.4 Å². The van der Waals surface area contributed by atoms with E-state index in [2.05, 4.69) is 10.3 Å². The van der Waals surface area contributed by atoms with Gasteiger partial charge in [-0.2, -0.15) is 0 Å². The first-order chi connectivity index (χ1) is 6.87. The maximum atomic E-state index is 11.5. The highest BCUT2D eigenvalue weighted by atomic mass is 35.5. The van der Waals surface area contributed by atoms with Crippen LogP contribution in [0, 0.1) is 0 Å². The van der Waals surface area contributed by atoms with Crippen LogP contribution in [0.5, 0.6) is 0 Å². The number of rotatable bonds is 2. The lowest BCUT2D eigenvalue weighted by Gasteiger charge is -2.20. The molecule has 16 heavy (non-hydrogen) atoms. The molecule has 1 rings (SSSR count). The molecule has 4 nitrogen and oxygen atoms in total. The summed E-state index contributed by atoms with van der Waals surface area (Å²) in [7, 11) is 0. The SMILES string of the molecule is CC(C)(C)NC(=O)Cc1ccc(N)cn1.Cl. The van der Waals surface area contributed by atoms with E-state index in [1.807, 2.05) is 20.8 Å². The summed E-state index contributed by atoms with van der Waals surface area (Å²) in [5, 5.41) is 2.87. The summed E-state index contributed by atoms with van der Waals surface area (Å²) in [5.41, 5.74) is 6.63. The lowest BCUT2D eigenvalue weighted by atomic mass is 10.1. The Morgan fingerprint density at radius 2 is 2.06 bits per heavy atom. The normalized spacial score (nSPS) is 10.4. The van der Waals surface area contributed by atoms with Crippen LogP contribution < -0.4 is 11.1 Å². The largest absolute Gasteiger partial charge is 0.397 e. The second kappa shape index (κ2) is 5.70. The monoisotopic (exact) mass is 243 g/mol. The Balaban J connectivity index is 0.00000225. The zero-order chi connectivity index (χ0) is 11.5. The quantitative estimate of drug-likeness (QED) is 0.828. The molecule has 0 aromatic carbocycles. The molecule has 1 amide bonds. The van der Waals surface area contributed by atoms with Crippen LogP contribution in [-0.4, -0.2) is 16.4 Å². The van der Waals surface area contributed by atoms with Crippen molar-refractivity contribution in [2.24, 2.45) is 0 Å². The Morgan fingerprint density at radius 1 is 1.44 bits per heavy atom. The van der Waals surface area contributed by atoms with Gasteiger partial charge in [0.05, 0.1) is 18.3 Å². The highest BCUT2D eigenvalue weighted by Gasteiger charge is 2.14. The van der Waals surface area contributed by atoms with Crippen LogP contribution in [0.3, 0.4) is 0 Å². The summed E-state index contributed by atoms with van der Waals surface area (Å²) in [6, 6.07) is 3.50. The van der Waals surface area contributed by atoms with Crippen LogP contribution in [0.2, 0.25) is 0 Å². The Morgan fingerprint density at radius 3 is 2.50 bits per heavy atom. The zero-order valence-corrected chi connectivity index (χ0v) is 10.6. The van der Waals surface area contributed by atoms with Gasteiger partial charge in [-0.25, -0.2) is 0 Å². The molecule has 0 atom stereocenters. The molecular formula is C11H18ClN3O. The Labute approximate surface area is 102 Å². The van der Waals surface area contributed by atoms with E-state index in [4.69, 9.17) is 5.73 Å². The van der Waals surface area contributed by atoms with Crippen LogP contribution >= 0.6 is 12.4 Å². The second-order valence-corrected chi connectivity index (χ2v) is 4.56.